The zero-order valence-electron chi connectivity index (χ0n) is 9.17. The highest BCUT2D eigenvalue weighted by Gasteiger charge is 2.23. The van der Waals surface area contributed by atoms with Gasteiger partial charge in [0.25, 0.3) is 0 Å². The standard InChI is InChI=1S/C12H12N2O3/c13-7-9-8-14(5-6-17-9)11-4-2-1-3-10(11)12(15)16/h1-4,9H,5-6,8H2,(H,15,16)/t9-/m1/s1. The summed E-state index contributed by atoms with van der Waals surface area (Å²) >= 11 is 0. The van der Waals surface area contributed by atoms with Crippen molar-refractivity contribution < 1.29 is 14.6 Å². The summed E-state index contributed by atoms with van der Waals surface area (Å²) in [6.45, 7) is 1.44. The lowest BCUT2D eigenvalue weighted by Gasteiger charge is -2.32. The molecule has 1 heterocycles. The summed E-state index contributed by atoms with van der Waals surface area (Å²) in [7, 11) is 0. The van der Waals surface area contributed by atoms with E-state index in [1.54, 1.807) is 24.3 Å². The van der Waals surface area contributed by atoms with Gasteiger partial charge in [-0.2, -0.15) is 5.26 Å². The molecule has 0 aromatic heterocycles. The molecule has 5 nitrogen and oxygen atoms in total. The molecule has 1 fully saturated rings. The predicted octanol–water partition coefficient (Wildman–Crippen LogP) is 1.11. The molecular formula is C12H12N2O3. The number of carboxylic acid groups (broad SMARTS) is 1. The molecule has 1 aliphatic rings. The Morgan fingerprint density at radius 2 is 2.29 bits per heavy atom. The van der Waals surface area contributed by atoms with Crippen molar-refractivity contribution in [3.63, 3.8) is 0 Å². The number of carboxylic acids is 1. The van der Waals surface area contributed by atoms with Gasteiger partial charge in [-0.05, 0) is 12.1 Å². The van der Waals surface area contributed by atoms with Crippen molar-refractivity contribution in [1.82, 2.24) is 0 Å². The van der Waals surface area contributed by atoms with E-state index in [-0.39, 0.29) is 5.56 Å². The molecule has 1 N–H and O–H groups in total. The lowest BCUT2D eigenvalue weighted by Crippen LogP contribution is -2.42. The Morgan fingerprint density at radius 1 is 1.53 bits per heavy atom. The summed E-state index contributed by atoms with van der Waals surface area (Å²) in [6.07, 6.45) is -0.495. The SMILES string of the molecule is N#C[C@@H]1CN(c2ccccc2C(=O)O)CCO1. The van der Waals surface area contributed by atoms with Crippen LogP contribution in [-0.4, -0.2) is 36.9 Å². The third-order valence-corrected chi connectivity index (χ3v) is 2.69. The molecule has 0 saturated carbocycles. The van der Waals surface area contributed by atoms with Gasteiger partial charge in [0.05, 0.1) is 30.5 Å². The van der Waals surface area contributed by atoms with Crippen LogP contribution in [0.25, 0.3) is 0 Å². The van der Waals surface area contributed by atoms with Gasteiger partial charge < -0.3 is 14.7 Å². The van der Waals surface area contributed by atoms with Gasteiger partial charge in [0, 0.05) is 6.54 Å². The second kappa shape index (κ2) is 4.85. The fraction of sp³-hybridized carbons (Fsp3) is 0.333. The van der Waals surface area contributed by atoms with Crippen LogP contribution in [0, 0.1) is 11.3 Å². The number of para-hydroxylation sites is 1. The first-order chi connectivity index (χ1) is 8.22. The van der Waals surface area contributed by atoms with Crippen LogP contribution in [0.15, 0.2) is 24.3 Å². The average Bonchev–Trinajstić information content (AvgIpc) is 2.39. The second-order valence-corrected chi connectivity index (χ2v) is 3.76. The summed E-state index contributed by atoms with van der Waals surface area (Å²) in [4.78, 5) is 13.0. The first-order valence-corrected chi connectivity index (χ1v) is 5.31. The molecule has 88 valence electrons. The summed E-state index contributed by atoms with van der Waals surface area (Å²) < 4.78 is 5.23. The molecule has 1 aromatic rings. The number of nitrogens with zero attached hydrogens (tertiary/aromatic N) is 2. The number of hydrogen-bond acceptors (Lipinski definition) is 4. The molecule has 1 atom stereocenters. The Kier molecular flexibility index (Phi) is 3.26. The summed E-state index contributed by atoms with van der Waals surface area (Å²) in [6, 6.07) is 8.84. The van der Waals surface area contributed by atoms with Gasteiger partial charge in [-0.1, -0.05) is 12.1 Å². The highest BCUT2D eigenvalue weighted by molar-refractivity contribution is 5.94. The van der Waals surface area contributed by atoms with Crippen molar-refractivity contribution in [2.75, 3.05) is 24.6 Å². The Hall–Kier alpha value is -2.06. The van der Waals surface area contributed by atoms with Crippen LogP contribution in [-0.2, 0) is 4.74 Å². The zero-order chi connectivity index (χ0) is 12.3. The molecule has 5 heteroatoms. The van der Waals surface area contributed by atoms with E-state index in [0.717, 1.165) is 0 Å². The van der Waals surface area contributed by atoms with E-state index in [4.69, 9.17) is 15.1 Å². The van der Waals surface area contributed by atoms with E-state index >= 15 is 0 Å². The van der Waals surface area contributed by atoms with Gasteiger partial charge in [0.15, 0.2) is 6.10 Å². The molecule has 1 aliphatic heterocycles. The van der Waals surface area contributed by atoms with Crippen molar-refractivity contribution in [2.24, 2.45) is 0 Å². The smallest absolute Gasteiger partial charge is 0.337 e. The van der Waals surface area contributed by atoms with Crippen LogP contribution in [0.4, 0.5) is 5.69 Å². The maximum Gasteiger partial charge on any atom is 0.337 e. The molecule has 0 aliphatic carbocycles. The molecule has 1 saturated heterocycles. The van der Waals surface area contributed by atoms with Gasteiger partial charge in [-0.25, -0.2) is 4.79 Å². The highest BCUT2D eigenvalue weighted by atomic mass is 16.5. The number of ether oxygens (including phenoxy) is 1. The van der Waals surface area contributed by atoms with Crippen molar-refractivity contribution >= 4 is 11.7 Å². The van der Waals surface area contributed by atoms with Gasteiger partial charge in [-0.15, -0.1) is 0 Å². The van der Waals surface area contributed by atoms with Gasteiger partial charge in [0.2, 0.25) is 0 Å². The van der Waals surface area contributed by atoms with E-state index in [2.05, 4.69) is 0 Å². The Labute approximate surface area is 98.8 Å². The molecule has 0 unspecified atom stereocenters. The van der Waals surface area contributed by atoms with E-state index < -0.39 is 12.1 Å². The third-order valence-electron chi connectivity index (χ3n) is 2.69. The number of aromatic carboxylic acids is 1. The minimum Gasteiger partial charge on any atom is -0.478 e. The minimum atomic E-state index is -0.958. The Morgan fingerprint density at radius 3 is 3.00 bits per heavy atom. The Balaban J connectivity index is 2.28. The number of benzene rings is 1. The van der Waals surface area contributed by atoms with E-state index in [1.165, 1.54) is 0 Å². The minimum absolute atomic E-state index is 0.256. The highest BCUT2D eigenvalue weighted by Crippen LogP contribution is 2.22. The summed E-state index contributed by atoms with van der Waals surface area (Å²) in [5.74, 6) is -0.958. The molecule has 0 spiro atoms. The molecule has 0 radical (unpaired) electrons. The lowest BCUT2D eigenvalue weighted by atomic mass is 10.1. The van der Waals surface area contributed by atoms with Crippen molar-refractivity contribution in [1.29, 1.82) is 5.26 Å². The number of anilines is 1. The summed E-state index contributed by atoms with van der Waals surface area (Å²) in [5.41, 5.74) is 0.898. The van der Waals surface area contributed by atoms with Crippen LogP contribution in [0.5, 0.6) is 0 Å². The summed E-state index contributed by atoms with van der Waals surface area (Å²) in [5, 5.41) is 17.9. The molecule has 0 amide bonds. The topological polar surface area (TPSA) is 73.6 Å². The molecule has 1 aromatic carbocycles. The zero-order valence-corrected chi connectivity index (χ0v) is 9.17. The number of morpholine rings is 1. The van der Waals surface area contributed by atoms with Gasteiger partial charge in [-0.3, -0.25) is 0 Å². The molecule has 17 heavy (non-hydrogen) atoms. The van der Waals surface area contributed by atoms with E-state index in [0.29, 0.717) is 25.4 Å². The van der Waals surface area contributed by atoms with Crippen molar-refractivity contribution in [3.05, 3.63) is 29.8 Å². The van der Waals surface area contributed by atoms with Gasteiger partial charge in [0.1, 0.15) is 0 Å². The fourth-order valence-corrected chi connectivity index (χ4v) is 1.88. The van der Waals surface area contributed by atoms with Gasteiger partial charge >= 0.3 is 5.97 Å². The number of rotatable bonds is 2. The van der Waals surface area contributed by atoms with Crippen LogP contribution < -0.4 is 4.90 Å². The van der Waals surface area contributed by atoms with E-state index in [1.807, 2.05) is 11.0 Å². The normalized spacial score (nSPS) is 19.7. The molecule has 2 rings (SSSR count). The number of nitriles is 1. The fourth-order valence-electron chi connectivity index (χ4n) is 1.88. The lowest BCUT2D eigenvalue weighted by molar-refractivity contribution is 0.0688. The molecule has 0 bridgehead atoms. The number of carbonyl (C=O) groups is 1. The largest absolute Gasteiger partial charge is 0.478 e. The first kappa shape index (κ1) is 11.4. The third kappa shape index (κ3) is 2.37. The quantitative estimate of drug-likeness (QED) is 0.826. The maximum atomic E-state index is 11.1. The average molecular weight is 232 g/mol. The molecular weight excluding hydrogens is 220 g/mol. The Bertz CT molecular complexity index is 467. The van der Waals surface area contributed by atoms with Crippen LogP contribution in [0.3, 0.4) is 0 Å². The van der Waals surface area contributed by atoms with Crippen LogP contribution in [0.2, 0.25) is 0 Å². The monoisotopic (exact) mass is 232 g/mol. The first-order valence-electron chi connectivity index (χ1n) is 5.31. The van der Waals surface area contributed by atoms with E-state index in [9.17, 15) is 4.79 Å². The maximum absolute atomic E-state index is 11.1. The van der Waals surface area contributed by atoms with Crippen molar-refractivity contribution in [3.8, 4) is 6.07 Å². The van der Waals surface area contributed by atoms with Crippen LogP contribution in [0.1, 0.15) is 10.4 Å². The number of hydrogen-bond donors (Lipinski definition) is 1. The predicted molar refractivity (Wildman–Crippen MR) is 61.0 cm³/mol. The van der Waals surface area contributed by atoms with Crippen LogP contribution >= 0.6 is 0 Å². The van der Waals surface area contributed by atoms with Crippen molar-refractivity contribution in [2.45, 2.75) is 6.10 Å². The second-order valence-electron chi connectivity index (χ2n) is 3.76.